The van der Waals surface area contributed by atoms with Gasteiger partial charge in [-0.2, -0.15) is 18.4 Å². The number of nitrogens with zero attached hydrogens (tertiary/aromatic N) is 1. The van der Waals surface area contributed by atoms with E-state index < -0.39 is 10.0 Å². The lowest BCUT2D eigenvalue weighted by molar-refractivity contribution is 0.473. The summed E-state index contributed by atoms with van der Waals surface area (Å²) in [6.07, 6.45) is 1.22. The number of hydrogen-bond acceptors (Lipinski definition) is 4. The van der Waals surface area contributed by atoms with Crippen LogP contribution >= 0.6 is 11.6 Å². The van der Waals surface area contributed by atoms with Crippen molar-refractivity contribution < 1.29 is 13.5 Å². The van der Waals surface area contributed by atoms with Gasteiger partial charge in [0.1, 0.15) is 5.75 Å². The number of aryl methyl sites for hydroxylation is 2. The maximum absolute atomic E-state index is 12.4. The number of aromatic hydroxyl groups is 1. The molecular formula is C18H21ClN2O3S. The third kappa shape index (κ3) is 4.74. The topological polar surface area (TPSA) is 78.8 Å². The number of phenols is 1. The molecule has 0 aliphatic carbocycles. The fraction of sp³-hybridized carbons (Fsp3) is 0.278. The molecule has 0 atom stereocenters. The molecule has 0 amide bonds. The predicted molar refractivity (Wildman–Crippen MR) is 101 cm³/mol. The monoisotopic (exact) mass is 380 g/mol. The molecule has 0 unspecified atom stereocenters. The predicted octanol–water partition coefficient (Wildman–Crippen LogP) is 4.15. The number of benzene rings is 2. The smallest absolute Gasteiger partial charge is 0.276 e. The van der Waals surface area contributed by atoms with E-state index in [1.165, 1.54) is 18.2 Å². The molecule has 2 aromatic rings. The molecule has 0 bridgehead atoms. The number of hydrogen-bond donors (Lipinski definition) is 2. The van der Waals surface area contributed by atoms with E-state index in [1.807, 2.05) is 13.8 Å². The molecule has 2 aromatic carbocycles. The van der Waals surface area contributed by atoms with E-state index in [0.717, 1.165) is 17.5 Å². The Bertz CT molecular complexity index is 891. The highest BCUT2D eigenvalue weighted by Crippen LogP contribution is 2.27. The quantitative estimate of drug-likeness (QED) is 0.583. The Balaban J connectivity index is 2.37. The Hall–Kier alpha value is -2.05. The maximum Gasteiger partial charge on any atom is 0.276 e. The Labute approximate surface area is 153 Å². The fourth-order valence-electron chi connectivity index (χ4n) is 2.27. The molecule has 2 N–H and O–H groups in total. The summed E-state index contributed by atoms with van der Waals surface area (Å²) in [6, 6.07) is 9.62. The van der Waals surface area contributed by atoms with Crippen LogP contribution in [0, 0.1) is 13.8 Å². The summed E-state index contributed by atoms with van der Waals surface area (Å²) in [5.74, 6) is 0.0173. The highest BCUT2D eigenvalue weighted by molar-refractivity contribution is 7.89. The van der Waals surface area contributed by atoms with E-state index in [4.69, 9.17) is 11.6 Å². The number of hydrazone groups is 1. The SMILES string of the molecule is CCC/C(=N/NS(=O)(=O)c1ccc(C)cc1)c1cc(Cl)c(C)cc1O. The molecule has 5 nitrogen and oxygen atoms in total. The molecule has 0 aromatic heterocycles. The molecular weight excluding hydrogens is 360 g/mol. The van der Waals surface area contributed by atoms with E-state index in [1.54, 1.807) is 25.1 Å². The van der Waals surface area contributed by atoms with Crippen LogP contribution in [0.2, 0.25) is 5.02 Å². The van der Waals surface area contributed by atoms with Gasteiger partial charge in [-0.1, -0.05) is 42.6 Å². The van der Waals surface area contributed by atoms with Gasteiger partial charge in [0.2, 0.25) is 0 Å². The molecule has 0 aliphatic heterocycles. The van der Waals surface area contributed by atoms with Crippen molar-refractivity contribution >= 4 is 27.3 Å². The van der Waals surface area contributed by atoms with Crippen LogP contribution in [-0.2, 0) is 10.0 Å². The van der Waals surface area contributed by atoms with Gasteiger partial charge in [0.15, 0.2) is 0 Å². The molecule has 25 heavy (non-hydrogen) atoms. The number of sulfonamides is 1. The van der Waals surface area contributed by atoms with Gasteiger partial charge in [0.25, 0.3) is 10.0 Å². The van der Waals surface area contributed by atoms with E-state index >= 15 is 0 Å². The second-order valence-electron chi connectivity index (χ2n) is 5.83. The Morgan fingerprint density at radius 2 is 1.84 bits per heavy atom. The normalized spacial score (nSPS) is 12.2. The number of halogens is 1. The average molecular weight is 381 g/mol. The van der Waals surface area contributed by atoms with Gasteiger partial charge in [0.05, 0.1) is 10.6 Å². The minimum absolute atomic E-state index is 0.0173. The Morgan fingerprint density at radius 3 is 2.44 bits per heavy atom. The van der Waals surface area contributed by atoms with Crippen molar-refractivity contribution in [2.24, 2.45) is 5.10 Å². The van der Waals surface area contributed by atoms with Crippen LogP contribution in [0.3, 0.4) is 0 Å². The zero-order valence-electron chi connectivity index (χ0n) is 14.4. The van der Waals surface area contributed by atoms with Gasteiger partial charge in [-0.15, -0.1) is 0 Å². The van der Waals surface area contributed by atoms with Crippen molar-refractivity contribution in [1.29, 1.82) is 0 Å². The van der Waals surface area contributed by atoms with E-state index in [0.29, 0.717) is 22.7 Å². The van der Waals surface area contributed by atoms with E-state index in [9.17, 15) is 13.5 Å². The second-order valence-corrected chi connectivity index (χ2v) is 7.90. The van der Waals surface area contributed by atoms with Crippen molar-refractivity contribution in [1.82, 2.24) is 4.83 Å². The van der Waals surface area contributed by atoms with Crippen molar-refractivity contribution in [2.75, 3.05) is 0 Å². The van der Waals surface area contributed by atoms with Crippen molar-refractivity contribution in [3.05, 3.63) is 58.1 Å². The molecule has 0 spiro atoms. The Kier molecular flexibility index (Phi) is 6.08. The number of rotatable bonds is 6. The molecule has 0 aliphatic rings. The molecule has 2 rings (SSSR count). The third-order valence-corrected chi connectivity index (χ3v) is 5.34. The minimum atomic E-state index is -3.78. The van der Waals surface area contributed by atoms with E-state index in [-0.39, 0.29) is 10.6 Å². The summed E-state index contributed by atoms with van der Waals surface area (Å²) in [5, 5.41) is 14.7. The van der Waals surface area contributed by atoms with Crippen LogP contribution in [0.5, 0.6) is 5.75 Å². The summed E-state index contributed by atoms with van der Waals surface area (Å²) < 4.78 is 24.8. The zero-order chi connectivity index (χ0) is 18.6. The van der Waals surface area contributed by atoms with E-state index in [2.05, 4.69) is 9.93 Å². The largest absolute Gasteiger partial charge is 0.507 e. The number of phenolic OH excluding ortho intramolecular Hbond substituents is 1. The Morgan fingerprint density at radius 1 is 1.20 bits per heavy atom. The summed E-state index contributed by atoms with van der Waals surface area (Å²) in [7, 11) is -3.78. The van der Waals surface area contributed by atoms with Crippen LogP contribution in [0.15, 0.2) is 46.4 Å². The molecule has 7 heteroatoms. The van der Waals surface area contributed by atoms with Crippen LogP contribution in [0.4, 0.5) is 0 Å². The van der Waals surface area contributed by atoms with Crippen LogP contribution in [0.1, 0.15) is 36.5 Å². The first kappa shape index (κ1) is 19.3. The molecule has 0 radical (unpaired) electrons. The van der Waals surface area contributed by atoms with Crippen LogP contribution < -0.4 is 4.83 Å². The molecule has 0 heterocycles. The molecule has 0 saturated heterocycles. The van der Waals surface area contributed by atoms with Gasteiger partial charge in [-0.25, -0.2) is 0 Å². The average Bonchev–Trinajstić information content (AvgIpc) is 2.55. The van der Waals surface area contributed by atoms with Crippen molar-refractivity contribution in [2.45, 2.75) is 38.5 Å². The first-order chi connectivity index (χ1) is 11.7. The van der Waals surface area contributed by atoms with Crippen molar-refractivity contribution in [3.8, 4) is 5.75 Å². The highest BCUT2D eigenvalue weighted by Gasteiger charge is 2.15. The highest BCUT2D eigenvalue weighted by atomic mass is 35.5. The lowest BCUT2D eigenvalue weighted by atomic mass is 10.0. The van der Waals surface area contributed by atoms with Gasteiger partial charge in [0, 0.05) is 10.6 Å². The fourth-order valence-corrected chi connectivity index (χ4v) is 3.26. The summed E-state index contributed by atoms with van der Waals surface area (Å²) in [5.41, 5.74) is 2.55. The van der Waals surface area contributed by atoms with Crippen LogP contribution in [-0.4, -0.2) is 19.2 Å². The first-order valence-corrected chi connectivity index (χ1v) is 9.75. The van der Waals surface area contributed by atoms with Gasteiger partial charge in [-0.05, 0) is 50.1 Å². The van der Waals surface area contributed by atoms with Crippen molar-refractivity contribution in [3.63, 3.8) is 0 Å². The third-order valence-electron chi connectivity index (χ3n) is 3.71. The number of nitrogens with one attached hydrogen (secondary N) is 1. The molecule has 0 saturated carbocycles. The van der Waals surface area contributed by atoms with Gasteiger partial charge in [-0.3, -0.25) is 0 Å². The lowest BCUT2D eigenvalue weighted by Gasteiger charge is -2.11. The summed E-state index contributed by atoms with van der Waals surface area (Å²) in [4.78, 5) is 2.37. The lowest BCUT2D eigenvalue weighted by Crippen LogP contribution is -2.20. The minimum Gasteiger partial charge on any atom is -0.507 e. The second kappa shape index (κ2) is 7.89. The molecule has 134 valence electrons. The zero-order valence-corrected chi connectivity index (χ0v) is 15.9. The van der Waals surface area contributed by atoms with Gasteiger partial charge < -0.3 is 5.11 Å². The maximum atomic E-state index is 12.4. The molecule has 0 fully saturated rings. The summed E-state index contributed by atoms with van der Waals surface area (Å²) >= 11 is 6.13. The summed E-state index contributed by atoms with van der Waals surface area (Å²) in [6.45, 7) is 5.60. The van der Waals surface area contributed by atoms with Gasteiger partial charge >= 0.3 is 0 Å². The standard InChI is InChI=1S/C18H21ClN2O3S/c1-4-5-17(15-11-16(19)13(3)10-18(15)22)20-21-25(23,24)14-8-6-12(2)7-9-14/h6-11,21-22H,4-5H2,1-3H3/b20-17-. The van der Waals surface area contributed by atoms with Crippen LogP contribution in [0.25, 0.3) is 0 Å². The first-order valence-electron chi connectivity index (χ1n) is 7.89.